The lowest BCUT2D eigenvalue weighted by Gasteiger charge is -2.31. The molecule has 0 aliphatic rings. The molecule has 0 bridgehead atoms. The van der Waals surface area contributed by atoms with Gasteiger partial charge in [-0.3, -0.25) is 4.79 Å². The number of carbonyl (C=O) groups excluding carboxylic acids is 1. The van der Waals surface area contributed by atoms with Gasteiger partial charge in [0.2, 0.25) is 6.29 Å². The summed E-state index contributed by atoms with van der Waals surface area (Å²) in [4.78, 5) is 12.9. The molecular weight excluding hydrogens is 364 g/mol. The van der Waals surface area contributed by atoms with E-state index in [9.17, 15) is 9.90 Å². The summed E-state index contributed by atoms with van der Waals surface area (Å²) >= 11 is 0. The summed E-state index contributed by atoms with van der Waals surface area (Å²) in [5.41, 5.74) is 0.702. The number of aromatic hydroxyl groups is 1. The number of hydrogen-bond acceptors (Lipinski definition) is 4. The second kappa shape index (κ2) is 11.0. The number of esters is 1. The first-order valence-corrected chi connectivity index (χ1v) is 11.0. The van der Waals surface area contributed by atoms with Crippen LogP contribution in [0.25, 0.3) is 0 Å². The van der Waals surface area contributed by atoms with Crippen LogP contribution in [0.15, 0.2) is 24.3 Å². The van der Waals surface area contributed by atoms with Crippen LogP contribution in [0.2, 0.25) is 0 Å². The van der Waals surface area contributed by atoms with E-state index in [1.165, 1.54) is 5.56 Å². The molecule has 4 nitrogen and oxygen atoms in total. The van der Waals surface area contributed by atoms with Gasteiger partial charge < -0.3 is 14.6 Å². The summed E-state index contributed by atoms with van der Waals surface area (Å²) in [6, 6.07) is 7.46. The van der Waals surface area contributed by atoms with Gasteiger partial charge in [-0.2, -0.15) is 0 Å². The highest BCUT2D eigenvalue weighted by Crippen LogP contribution is 2.32. The van der Waals surface area contributed by atoms with Crippen molar-refractivity contribution in [3.05, 3.63) is 29.8 Å². The largest absolute Gasteiger partial charge is 0.508 e. The van der Waals surface area contributed by atoms with Gasteiger partial charge in [0.25, 0.3) is 0 Å². The average Bonchev–Trinajstić information content (AvgIpc) is 2.57. The van der Waals surface area contributed by atoms with Crippen LogP contribution >= 0.6 is 0 Å². The number of hydrogen-bond donors (Lipinski definition) is 1. The van der Waals surface area contributed by atoms with Crippen molar-refractivity contribution < 1.29 is 19.4 Å². The van der Waals surface area contributed by atoms with Crippen LogP contribution in [0.5, 0.6) is 5.75 Å². The summed E-state index contributed by atoms with van der Waals surface area (Å²) in [6.07, 6.45) is 3.92. The predicted molar refractivity (Wildman–Crippen MR) is 119 cm³/mol. The first-order chi connectivity index (χ1) is 13.3. The Morgan fingerprint density at radius 3 is 2.14 bits per heavy atom. The molecule has 0 aliphatic heterocycles. The maximum Gasteiger partial charge on any atom is 0.313 e. The Kier molecular flexibility index (Phi) is 9.67. The Morgan fingerprint density at radius 2 is 1.66 bits per heavy atom. The summed E-state index contributed by atoms with van der Waals surface area (Å²) in [5.74, 6) is 0.534. The molecule has 0 aromatic heterocycles. The van der Waals surface area contributed by atoms with E-state index in [2.05, 4.69) is 27.7 Å². The van der Waals surface area contributed by atoms with E-state index in [1.54, 1.807) is 12.1 Å². The Balaban J connectivity index is 2.64. The molecule has 2 unspecified atom stereocenters. The molecule has 2 atom stereocenters. The van der Waals surface area contributed by atoms with Crippen molar-refractivity contribution >= 4 is 5.97 Å². The molecule has 0 spiro atoms. The average molecular weight is 407 g/mol. The van der Waals surface area contributed by atoms with Crippen molar-refractivity contribution in [2.75, 3.05) is 0 Å². The summed E-state index contributed by atoms with van der Waals surface area (Å²) < 4.78 is 11.7. The molecule has 1 aromatic rings. The lowest BCUT2D eigenvalue weighted by atomic mass is 9.83. The van der Waals surface area contributed by atoms with Crippen molar-refractivity contribution in [3.8, 4) is 5.75 Å². The van der Waals surface area contributed by atoms with Gasteiger partial charge in [0.05, 0.1) is 11.5 Å². The number of ether oxygens (including phenoxy) is 2. The van der Waals surface area contributed by atoms with Gasteiger partial charge in [0, 0.05) is 6.42 Å². The normalized spacial score (nSPS) is 14.7. The van der Waals surface area contributed by atoms with Crippen LogP contribution in [0.1, 0.15) is 99.0 Å². The Morgan fingerprint density at radius 1 is 1.07 bits per heavy atom. The topological polar surface area (TPSA) is 55.8 Å². The van der Waals surface area contributed by atoms with Gasteiger partial charge in [-0.1, -0.05) is 46.2 Å². The third-order valence-corrected chi connectivity index (χ3v) is 5.21. The number of benzene rings is 1. The van der Waals surface area contributed by atoms with E-state index >= 15 is 0 Å². The lowest BCUT2D eigenvalue weighted by Crippen LogP contribution is -2.35. The van der Waals surface area contributed by atoms with Crippen LogP contribution in [0.4, 0.5) is 0 Å². The summed E-state index contributed by atoms with van der Waals surface area (Å²) in [6.45, 7) is 16.4. The second-order valence-corrected chi connectivity index (χ2v) is 10.3. The molecule has 0 aliphatic carbocycles. The molecule has 1 rings (SSSR count). The fourth-order valence-electron chi connectivity index (χ4n) is 3.45. The van der Waals surface area contributed by atoms with Crippen LogP contribution < -0.4 is 0 Å². The van der Waals surface area contributed by atoms with Gasteiger partial charge in [-0.05, 0) is 76.0 Å². The monoisotopic (exact) mass is 406 g/mol. The molecule has 0 radical (unpaired) electrons. The molecule has 0 fully saturated rings. The first kappa shape index (κ1) is 25.5. The zero-order valence-electron chi connectivity index (χ0n) is 19.7. The standard InChI is InChI=1S/C25H42O4/c1-9-19(20-12-14-21(26)15-13-20)11-10-16-25(7,8)23(27)29-22(28-18(2)3)17-24(4,5)6/h12-15,18-19,22,26H,9-11,16-17H2,1-8H3. The lowest BCUT2D eigenvalue weighted by molar-refractivity contribution is -0.202. The van der Waals surface area contributed by atoms with Crippen molar-refractivity contribution in [1.29, 1.82) is 0 Å². The minimum atomic E-state index is -0.552. The van der Waals surface area contributed by atoms with E-state index in [0.29, 0.717) is 18.1 Å². The Bertz CT molecular complexity index is 611. The minimum absolute atomic E-state index is 0.00823. The Labute approximate surface area is 178 Å². The van der Waals surface area contributed by atoms with Crippen molar-refractivity contribution in [2.45, 2.75) is 106 Å². The van der Waals surface area contributed by atoms with Crippen LogP contribution in [0, 0.1) is 10.8 Å². The van der Waals surface area contributed by atoms with Crippen LogP contribution in [0.3, 0.4) is 0 Å². The number of rotatable bonds is 11. The van der Waals surface area contributed by atoms with Crippen LogP contribution in [-0.4, -0.2) is 23.5 Å². The zero-order chi connectivity index (χ0) is 22.2. The highest BCUT2D eigenvalue weighted by Gasteiger charge is 2.33. The van der Waals surface area contributed by atoms with Crippen molar-refractivity contribution in [2.24, 2.45) is 10.8 Å². The fraction of sp³-hybridized carbons (Fsp3) is 0.720. The summed E-state index contributed by atoms with van der Waals surface area (Å²) in [7, 11) is 0. The molecule has 0 heterocycles. The quantitative estimate of drug-likeness (QED) is 0.324. The molecular formula is C25H42O4. The van der Waals surface area contributed by atoms with E-state index in [4.69, 9.17) is 9.47 Å². The van der Waals surface area contributed by atoms with E-state index < -0.39 is 11.7 Å². The van der Waals surface area contributed by atoms with Crippen molar-refractivity contribution in [3.63, 3.8) is 0 Å². The van der Waals surface area contributed by atoms with Crippen molar-refractivity contribution in [1.82, 2.24) is 0 Å². The molecule has 1 N–H and O–H groups in total. The zero-order valence-corrected chi connectivity index (χ0v) is 19.7. The van der Waals surface area contributed by atoms with Crippen LogP contribution in [-0.2, 0) is 14.3 Å². The SMILES string of the molecule is CCC(CCCC(C)(C)C(=O)OC(CC(C)(C)C)OC(C)C)c1ccc(O)cc1. The van der Waals surface area contributed by atoms with E-state index in [0.717, 1.165) is 25.7 Å². The summed E-state index contributed by atoms with van der Waals surface area (Å²) in [5, 5.41) is 9.49. The highest BCUT2D eigenvalue weighted by molar-refractivity contribution is 5.75. The smallest absolute Gasteiger partial charge is 0.313 e. The number of phenols is 1. The first-order valence-electron chi connectivity index (χ1n) is 11.0. The molecule has 1 aromatic carbocycles. The van der Waals surface area contributed by atoms with Gasteiger partial charge in [-0.25, -0.2) is 0 Å². The molecule has 0 saturated carbocycles. The maximum atomic E-state index is 12.9. The van der Waals surface area contributed by atoms with Gasteiger partial charge in [0.1, 0.15) is 5.75 Å². The number of carbonyl (C=O) groups is 1. The van der Waals surface area contributed by atoms with Gasteiger partial charge >= 0.3 is 5.97 Å². The molecule has 29 heavy (non-hydrogen) atoms. The van der Waals surface area contributed by atoms with Gasteiger partial charge in [0.15, 0.2) is 0 Å². The molecule has 166 valence electrons. The third-order valence-electron chi connectivity index (χ3n) is 5.21. The predicted octanol–water partition coefficient (Wildman–Crippen LogP) is 6.81. The molecule has 0 amide bonds. The number of phenolic OH excluding ortho intramolecular Hbond substituents is 1. The second-order valence-electron chi connectivity index (χ2n) is 10.3. The van der Waals surface area contributed by atoms with E-state index in [-0.39, 0.29) is 17.5 Å². The Hall–Kier alpha value is -1.55. The van der Waals surface area contributed by atoms with Gasteiger partial charge in [-0.15, -0.1) is 0 Å². The fourth-order valence-corrected chi connectivity index (χ4v) is 3.45. The third kappa shape index (κ3) is 9.66. The van der Waals surface area contributed by atoms with E-state index in [1.807, 2.05) is 39.8 Å². The molecule has 0 saturated heterocycles. The molecule has 4 heteroatoms. The minimum Gasteiger partial charge on any atom is -0.508 e. The highest BCUT2D eigenvalue weighted by atomic mass is 16.7. The maximum absolute atomic E-state index is 12.9.